The molecule has 0 radical (unpaired) electrons. The second kappa shape index (κ2) is 8.19. The van der Waals surface area contributed by atoms with E-state index in [-0.39, 0.29) is 5.91 Å². The van der Waals surface area contributed by atoms with Gasteiger partial charge in [-0.3, -0.25) is 9.69 Å². The monoisotopic (exact) mass is 383 g/mol. The normalized spacial score (nSPS) is 20.0. The number of rotatable bonds is 4. The van der Waals surface area contributed by atoms with Crippen LogP contribution in [0.25, 0.3) is 11.2 Å². The molecule has 1 amide bonds. The third-order valence-electron chi connectivity index (χ3n) is 6.44. The molecular weight excluding hydrogens is 350 g/mol. The van der Waals surface area contributed by atoms with E-state index >= 15 is 0 Å². The number of carbonyl (C=O) groups excluding carboxylic acids is 1. The van der Waals surface area contributed by atoms with Gasteiger partial charge in [-0.2, -0.15) is 0 Å². The van der Waals surface area contributed by atoms with Crippen LogP contribution in [0, 0.1) is 12.8 Å². The molecule has 1 saturated heterocycles. The van der Waals surface area contributed by atoms with Gasteiger partial charge in [-0.1, -0.05) is 13.3 Å². The molecule has 1 unspecified atom stereocenters. The molecule has 2 aromatic heterocycles. The first-order chi connectivity index (χ1) is 13.5. The molecule has 1 N–H and O–H groups in total. The summed E-state index contributed by atoms with van der Waals surface area (Å²) in [6.07, 6.45) is 7.03. The van der Waals surface area contributed by atoms with Gasteiger partial charge in [-0.15, -0.1) is 0 Å². The molecule has 2 aliphatic rings. The molecule has 0 aromatic carbocycles. The minimum atomic E-state index is -0.0269. The largest absolute Gasteiger partial charge is 0.350 e. The first-order valence-corrected chi connectivity index (χ1v) is 10.9. The number of pyridine rings is 1. The lowest BCUT2D eigenvalue weighted by molar-refractivity contribution is 0.0923. The summed E-state index contributed by atoms with van der Waals surface area (Å²) in [5, 5.41) is 3.16. The molecule has 2 aromatic rings. The third kappa shape index (κ3) is 3.93. The van der Waals surface area contributed by atoms with Crippen LogP contribution in [0.15, 0.2) is 6.07 Å². The van der Waals surface area contributed by atoms with Crippen molar-refractivity contribution in [3.63, 3.8) is 0 Å². The number of carbonyl (C=O) groups is 1. The zero-order valence-electron chi connectivity index (χ0n) is 17.5. The van der Waals surface area contributed by atoms with Crippen LogP contribution in [0.3, 0.4) is 0 Å². The number of aromatic nitrogens is 3. The Hall–Kier alpha value is -1.95. The standard InChI is InChI=1S/C22H33N5O/c1-15-8-11-26(12-9-15)17(3)14-23-22(28)18-13-16(2)24-21-20(18)25-19-7-5-4-6-10-27(19)21/h13,15,17H,4-12,14H2,1-3H3,(H,23,28). The predicted octanol–water partition coefficient (Wildman–Crippen LogP) is 3.32. The average molecular weight is 384 g/mol. The van der Waals surface area contributed by atoms with Gasteiger partial charge in [-0.05, 0) is 64.6 Å². The maximum absolute atomic E-state index is 13.0. The maximum atomic E-state index is 13.0. The molecule has 6 nitrogen and oxygen atoms in total. The summed E-state index contributed by atoms with van der Waals surface area (Å²) >= 11 is 0. The lowest BCUT2D eigenvalue weighted by atomic mass is 9.98. The van der Waals surface area contributed by atoms with Crippen molar-refractivity contribution in [2.75, 3.05) is 19.6 Å². The first-order valence-electron chi connectivity index (χ1n) is 10.9. The molecule has 1 atom stereocenters. The van der Waals surface area contributed by atoms with E-state index in [0.717, 1.165) is 67.5 Å². The Morgan fingerprint density at radius 2 is 2.00 bits per heavy atom. The third-order valence-corrected chi connectivity index (χ3v) is 6.44. The Morgan fingerprint density at radius 3 is 2.79 bits per heavy atom. The van der Waals surface area contributed by atoms with Gasteiger partial charge in [0.15, 0.2) is 5.65 Å². The van der Waals surface area contributed by atoms with Gasteiger partial charge in [0.25, 0.3) is 5.91 Å². The molecule has 152 valence electrons. The zero-order valence-corrected chi connectivity index (χ0v) is 17.5. The van der Waals surface area contributed by atoms with E-state index in [0.29, 0.717) is 18.2 Å². The van der Waals surface area contributed by atoms with E-state index in [1.165, 1.54) is 19.3 Å². The van der Waals surface area contributed by atoms with Gasteiger partial charge < -0.3 is 9.88 Å². The Bertz CT molecular complexity index is 850. The maximum Gasteiger partial charge on any atom is 0.253 e. The van der Waals surface area contributed by atoms with Crippen molar-refractivity contribution in [2.45, 2.75) is 71.9 Å². The van der Waals surface area contributed by atoms with Crippen molar-refractivity contribution >= 4 is 17.1 Å². The van der Waals surface area contributed by atoms with Gasteiger partial charge in [0, 0.05) is 31.2 Å². The molecule has 4 rings (SSSR count). The fourth-order valence-corrected chi connectivity index (χ4v) is 4.52. The van der Waals surface area contributed by atoms with Crippen LogP contribution < -0.4 is 5.32 Å². The van der Waals surface area contributed by atoms with Gasteiger partial charge in [0.1, 0.15) is 11.3 Å². The highest BCUT2D eigenvalue weighted by molar-refractivity contribution is 6.04. The van der Waals surface area contributed by atoms with Crippen molar-refractivity contribution in [1.82, 2.24) is 24.8 Å². The van der Waals surface area contributed by atoms with Crippen molar-refractivity contribution in [1.29, 1.82) is 0 Å². The van der Waals surface area contributed by atoms with Gasteiger partial charge in [0.2, 0.25) is 0 Å². The van der Waals surface area contributed by atoms with E-state index in [1.54, 1.807) is 0 Å². The smallest absolute Gasteiger partial charge is 0.253 e. The number of likely N-dealkylation sites (tertiary alicyclic amines) is 1. The van der Waals surface area contributed by atoms with Gasteiger partial charge in [0.05, 0.1) is 5.56 Å². The van der Waals surface area contributed by atoms with E-state index in [2.05, 4.69) is 28.6 Å². The van der Waals surface area contributed by atoms with Crippen molar-refractivity contribution in [3.05, 3.63) is 23.1 Å². The van der Waals surface area contributed by atoms with E-state index in [9.17, 15) is 4.79 Å². The zero-order chi connectivity index (χ0) is 19.7. The van der Waals surface area contributed by atoms with E-state index in [1.807, 2.05) is 13.0 Å². The fraction of sp³-hybridized carbons (Fsp3) is 0.682. The molecule has 0 saturated carbocycles. The SMILES string of the molecule is Cc1cc(C(=O)NCC(C)N2CCC(C)CC2)c2nc3n(c2n1)CCCCC3. The Balaban J connectivity index is 1.51. The number of fused-ring (bicyclic) bond motifs is 3. The molecule has 2 aliphatic heterocycles. The number of aryl methyl sites for hydroxylation is 3. The highest BCUT2D eigenvalue weighted by atomic mass is 16.1. The molecule has 4 heterocycles. The second-order valence-corrected chi connectivity index (χ2v) is 8.75. The highest BCUT2D eigenvalue weighted by Gasteiger charge is 2.23. The average Bonchev–Trinajstić information content (AvgIpc) is 2.87. The van der Waals surface area contributed by atoms with Crippen LogP contribution in [-0.4, -0.2) is 51.0 Å². The lowest BCUT2D eigenvalue weighted by Gasteiger charge is -2.35. The summed E-state index contributed by atoms with van der Waals surface area (Å²) in [5.41, 5.74) is 3.18. The molecule has 0 spiro atoms. The highest BCUT2D eigenvalue weighted by Crippen LogP contribution is 2.24. The van der Waals surface area contributed by atoms with Gasteiger partial charge >= 0.3 is 0 Å². The summed E-state index contributed by atoms with van der Waals surface area (Å²) < 4.78 is 2.23. The van der Waals surface area contributed by atoms with E-state index < -0.39 is 0 Å². The minimum Gasteiger partial charge on any atom is -0.350 e. The van der Waals surface area contributed by atoms with Crippen LogP contribution in [0.2, 0.25) is 0 Å². The number of amides is 1. The predicted molar refractivity (Wildman–Crippen MR) is 112 cm³/mol. The molecular formula is C22H33N5O. The number of imidazole rings is 1. The van der Waals surface area contributed by atoms with Crippen molar-refractivity contribution < 1.29 is 4.79 Å². The quantitative estimate of drug-likeness (QED) is 0.880. The number of hydrogen-bond acceptors (Lipinski definition) is 4. The van der Waals surface area contributed by atoms with Crippen molar-refractivity contribution in [3.8, 4) is 0 Å². The Morgan fingerprint density at radius 1 is 1.21 bits per heavy atom. The summed E-state index contributed by atoms with van der Waals surface area (Å²) in [6.45, 7) is 10.4. The summed E-state index contributed by atoms with van der Waals surface area (Å²) in [4.78, 5) is 25.1. The van der Waals surface area contributed by atoms with Crippen LogP contribution in [-0.2, 0) is 13.0 Å². The van der Waals surface area contributed by atoms with Crippen LogP contribution in [0.1, 0.15) is 67.8 Å². The fourth-order valence-electron chi connectivity index (χ4n) is 4.52. The molecule has 28 heavy (non-hydrogen) atoms. The second-order valence-electron chi connectivity index (χ2n) is 8.75. The molecule has 0 bridgehead atoms. The first kappa shape index (κ1) is 19.4. The number of nitrogens with zero attached hydrogens (tertiary/aromatic N) is 4. The Labute approximate surface area is 167 Å². The lowest BCUT2D eigenvalue weighted by Crippen LogP contribution is -2.45. The summed E-state index contributed by atoms with van der Waals surface area (Å²) in [7, 11) is 0. The molecule has 1 fully saturated rings. The number of nitrogens with one attached hydrogen (secondary N) is 1. The molecule has 6 heteroatoms. The Kier molecular flexibility index (Phi) is 5.67. The topological polar surface area (TPSA) is 63.1 Å². The minimum absolute atomic E-state index is 0.0269. The van der Waals surface area contributed by atoms with Crippen molar-refractivity contribution in [2.24, 2.45) is 5.92 Å². The van der Waals surface area contributed by atoms with Gasteiger partial charge in [-0.25, -0.2) is 9.97 Å². The number of piperidine rings is 1. The summed E-state index contributed by atoms with van der Waals surface area (Å²) in [6, 6.07) is 2.24. The van der Waals surface area contributed by atoms with Crippen LogP contribution in [0.5, 0.6) is 0 Å². The molecule has 0 aliphatic carbocycles. The summed E-state index contributed by atoms with van der Waals surface area (Å²) in [5.74, 6) is 1.87. The number of hydrogen-bond donors (Lipinski definition) is 1. The van der Waals surface area contributed by atoms with Crippen LogP contribution in [0.4, 0.5) is 0 Å². The van der Waals surface area contributed by atoms with E-state index in [4.69, 9.17) is 9.97 Å². The van der Waals surface area contributed by atoms with Crippen LogP contribution >= 0.6 is 0 Å².